The number of nitrogens with zero attached hydrogens (tertiary/aromatic N) is 1. The highest BCUT2D eigenvalue weighted by molar-refractivity contribution is 5.84. The van der Waals surface area contributed by atoms with Crippen molar-refractivity contribution in [2.45, 2.75) is 32.2 Å². The Kier molecular flexibility index (Phi) is 2.88. The molecule has 3 heteroatoms. The van der Waals surface area contributed by atoms with E-state index in [1.807, 2.05) is 0 Å². The molecule has 0 radical (unpaired) electrons. The van der Waals surface area contributed by atoms with Gasteiger partial charge in [0.1, 0.15) is 5.78 Å². The molecule has 2 rings (SSSR count). The lowest BCUT2D eigenvalue weighted by atomic mass is 9.97. The summed E-state index contributed by atoms with van der Waals surface area (Å²) in [5, 5.41) is 8.79. The lowest BCUT2D eigenvalue weighted by Crippen LogP contribution is -2.45. The fourth-order valence-electron chi connectivity index (χ4n) is 2.96. The number of fused-ring (bicyclic) bond motifs is 2. The van der Waals surface area contributed by atoms with Crippen molar-refractivity contribution in [1.82, 2.24) is 4.90 Å². The number of carbonyl (C=O) groups is 1. The van der Waals surface area contributed by atoms with Crippen molar-refractivity contribution in [2.75, 3.05) is 19.7 Å². The Bertz CT molecular complexity index is 229. The Balaban J connectivity index is 2.00. The molecule has 1 N–H and O–H groups in total. The molecular formula is C11H19NO2. The first-order valence-corrected chi connectivity index (χ1v) is 5.60. The van der Waals surface area contributed by atoms with Gasteiger partial charge < -0.3 is 5.11 Å². The third-order valence-corrected chi connectivity index (χ3v) is 3.73. The second kappa shape index (κ2) is 3.99. The van der Waals surface area contributed by atoms with Crippen LogP contribution in [-0.2, 0) is 4.79 Å². The lowest BCUT2D eigenvalue weighted by molar-refractivity contribution is -0.126. The Labute approximate surface area is 85.1 Å². The smallest absolute Gasteiger partial charge is 0.149 e. The highest BCUT2D eigenvalue weighted by Gasteiger charge is 2.43. The number of Topliss-reactive ketones (excluding diaryl/α,β-unsaturated/α-hetero) is 1. The fraction of sp³-hybridized carbons (Fsp3) is 0.909. The number of carbonyl (C=O) groups excluding carboxylic acids is 1. The number of hydrogen-bond donors (Lipinski definition) is 1. The van der Waals surface area contributed by atoms with E-state index in [0.717, 1.165) is 25.8 Å². The quantitative estimate of drug-likeness (QED) is 0.723. The van der Waals surface area contributed by atoms with Crippen LogP contribution in [0.25, 0.3) is 0 Å². The fourth-order valence-corrected chi connectivity index (χ4v) is 2.96. The minimum absolute atomic E-state index is 0.231. The number of piperidine rings is 1. The third-order valence-electron chi connectivity index (χ3n) is 3.73. The minimum atomic E-state index is 0.231. The maximum absolute atomic E-state index is 11.7. The van der Waals surface area contributed by atoms with Crippen LogP contribution in [0, 0.1) is 11.8 Å². The van der Waals surface area contributed by atoms with Gasteiger partial charge in [0.05, 0.1) is 6.54 Å². The Morgan fingerprint density at radius 3 is 3.00 bits per heavy atom. The second-order valence-corrected chi connectivity index (χ2v) is 4.73. The second-order valence-electron chi connectivity index (χ2n) is 4.73. The zero-order chi connectivity index (χ0) is 10.1. The van der Waals surface area contributed by atoms with Crippen LogP contribution in [0.3, 0.4) is 0 Å². The van der Waals surface area contributed by atoms with Crippen LogP contribution in [0.5, 0.6) is 0 Å². The van der Waals surface area contributed by atoms with Gasteiger partial charge in [0.15, 0.2) is 0 Å². The number of likely N-dealkylation sites (tertiary alicyclic amines) is 1. The number of aliphatic hydroxyl groups excluding tert-OH is 1. The maximum atomic E-state index is 11.7. The Morgan fingerprint density at radius 1 is 1.50 bits per heavy atom. The van der Waals surface area contributed by atoms with E-state index < -0.39 is 0 Å². The summed E-state index contributed by atoms with van der Waals surface area (Å²) in [6.45, 7) is 3.98. The first-order chi connectivity index (χ1) is 6.72. The molecule has 80 valence electrons. The van der Waals surface area contributed by atoms with Crippen LogP contribution in [0.2, 0.25) is 0 Å². The van der Waals surface area contributed by atoms with Crippen LogP contribution < -0.4 is 0 Å². The van der Waals surface area contributed by atoms with Crippen LogP contribution in [0.4, 0.5) is 0 Å². The van der Waals surface area contributed by atoms with Crippen molar-refractivity contribution < 1.29 is 9.90 Å². The van der Waals surface area contributed by atoms with Gasteiger partial charge in [0.25, 0.3) is 0 Å². The molecule has 0 aromatic heterocycles. The first kappa shape index (κ1) is 10.1. The summed E-state index contributed by atoms with van der Waals surface area (Å²) in [7, 11) is 0. The Hall–Kier alpha value is -0.410. The summed E-state index contributed by atoms with van der Waals surface area (Å²) in [6, 6.07) is 0.601. The average molecular weight is 197 g/mol. The molecule has 1 saturated heterocycles. The summed E-state index contributed by atoms with van der Waals surface area (Å²) >= 11 is 0. The maximum Gasteiger partial charge on any atom is 0.149 e. The molecule has 14 heavy (non-hydrogen) atoms. The van der Waals surface area contributed by atoms with Crippen molar-refractivity contribution in [2.24, 2.45) is 11.8 Å². The summed E-state index contributed by atoms with van der Waals surface area (Å²) in [5.74, 6) is 1.43. The molecule has 0 aromatic rings. The molecule has 0 aromatic carbocycles. The predicted octanol–water partition coefficient (Wildman–Crippen LogP) is 0.668. The van der Waals surface area contributed by atoms with Gasteiger partial charge in [0.2, 0.25) is 0 Å². The zero-order valence-corrected chi connectivity index (χ0v) is 8.78. The van der Waals surface area contributed by atoms with Crippen molar-refractivity contribution in [3.63, 3.8) is 0 Å². The molecule has 0 spiro atoms. The van der Waals surface area contributed by atoms with Gasteiger partial charge in [-0.05, 0) is 25.2 Å². The summed E-state index contributed by atoms with van der Waals surface area (Å²) in [4.78, 5) is 13.9. The van der Waals surface area contributed by atoms with Crippen molar-refractivity contribution in [1.29, 1.82) is 0 Å². The van der Waals surface area contributed by atoms with Gasteiger partial charge in [-0.3, -0.25) is 9.69 Å². The third kappa shape index (κ3) is 1.71. The molecule has 2 aliphatic rings. The molecular weight excluding hydrogens is 178 g/mol. The van der Waals surface area contributed by atoms with Gasteiger partial charge in [-0.1, -0.05) is 6.92 Å². The van der Waals surface area contributed by atoms with Crippen molar-refractivity contribution in [3.8, 4) is 0 Å². The lowest BCUT2D eigenvalue weighted by Gasteiger charge is -2.33. The molecule has 3 atom stereocenters. The van der Waals surface area contributed by atoms with Crippen molar-refractivity contribution >= 4 is 5.78 Å². The van der Waals surface area contributed by atoms with Crippen LogP contribution in [0.15, 0.2) is 0 Å². The van der Waals surface area contributed by atoms with E-state index in [-0.39, 0.29) is 6.61 Å². The van der Waals surface area contributed by atoms with E-state index in [4.69, 9.17) is 5.11 Å². The molecule has 2 fully saturated rings. The van der Waals surface area contributed by atoms with Crippen LogP contribution in [0.1, 0.15) is 26.2 Å². The minimum Gasteiger partial charge on any atom is -0.396 e. The standard InChI is InChI=1S/C11H19NO2/c1-8-5-9-6-10(8)12(3-2-4-13)7-11(9)14/h8-10,13H,2-7H2,1H3. The van der Waals surface area contributed by atoms with E-state index in [0.29, 0.717) is 30.2 Å². The summed E-state index contributed by atoms with van der Waals surface area (Å²) in [6.07, 6.45) is 2.94. The molecule has 3 nitrogen and oxygen atoms in total. The molecule has 1 saturated carbocycles. The summed E-state index contributed by atoms with van der Waals surface area (Å²) in [5.41, 5.74) is 0. The monoisotopic (exact) mass is 197 g/mol. The molecule has 1 aliphatic heterocycles. The van der Waals surface area contributed by atoms with E-state index in [2.05, 4.69) is 11.8 Å². The zero-order valence-electron chi connectivity index (χ0n) is 8.78. The highest BCUT2D eigenvalue weighted by atomic mass is 16.3. The van der Waals surface area contributed by atoms with E-state index >= 15 is 0 Å². The highest BCUT2D eigenvalue weighted by Crippen LogP contribution is 2.38. The average Bonchev–Trinajstić information content (AvgIpc) is 2.50. The van der Waals surface area contributed by atoms with E-state index in [1.54, 1.807) is 0 Å². The molecule has 0 amide bonds. The van der Waals surface area contributed by atoms with Gasteiger partial charge in [-0.25, -0.2) is 0 Å². The normalized spacial score (nSPS) is 37.9. The van der Waals surface area contributed by atoms with E-state index in [9.17, 15) is 4.79 Å². The SMILES string of the molecule is CC1CC2CC1N(CCCO)CC2=O. The molecule has 2 bridgehead atoms. The van der Waals surface area contributed by atoms with Crippen LogP contribution in [-0.4, -0.2) is 41.5 Å². The van der Waals surface area contributed by atoms with Crippen LogP contribution >= 0.6 is 0 Å². The molecule has 1 heterocycles. The number of rotatable bonds is 3. The Morgan fingerprint density at radius 2 is 2.29 bits per heavy atom. The molecule has 1 aliphatic carbocycles. The number of aliphatic hydroxyl groups is 1. The predicted molar refractivity (Wildman–Crippen MR) is 54.0 cm³/mol. The van der Waals surface area contributed by atoms with Gasteiger partial charge >= 0.3 is 0 Å². The van der Waals surface area contributed by atoms with Gasteiger partial charge in [-0.15, -0.1) is 0 Å². The summed E-state index contributed by atoms with van der Waals surface area (Å²) < 4.78 is 0. The van der Waals surface area contributed by atoms with Gasteiger partial charge in [-0.2, -0.15) is 0 Å². The molecule has 3 unspecified atom stereocenters. The van der Waals surface area contributed by atoms with E-state index in [1.165, 1.54) is 0 Å². The number of ketones is 1. The largest absolute Gasteiger partial charge is 0.396 e. The number of hydrogen-bond acceptors (Lipinski definition) is 3. The topological polar surface area (TPSA) is 40.5 Å². The van der Waals surface area contributed by atoms with Crippen molar-refractivity contribution in [3.05, 3.63) is 0 Å². The first-order valence-electron chi connectivity index (χ1n) is 5.60. The van der Waals surface area contributed by atoms with Gasteiger partial charge in [0, 0.05) is 25.1 Å².